The van der Waals surface area contributed by atoms with Crippen LogP contribution >= 0.6 is 0 Å². The van der Waals surface area contributed by atoms with Gasteiger partial charge in [-0.15, -0.1) is 0 Å². The second-order valence-corrected chi connectivity index (χ2v) is 4.84. The molecule has 2 aromatic heterocycles. The molecule has 1 aromatic carbocycles. The number of hydrogen-bond acceptors (Lipinski definition) is 5. The van der Waals surface area contributed by atoms with Gasteiger partial charge in [-0.1, -0.05) is 6.07 Å². The van der Waals surface area contributed by atoms with E-state index in [1.807, 2.05) is 37.3 Å². The number of aryl methyl sites for hydroxylation is 1. The fourth-order valence-electron chi connectivity index (χ4n) is 2.45. The number of furan rings is 1. The molecule has 6 nitrogen and oxygen atoms in total. The monoisotopic (exact) mass is 283 g/mol. The molecule has 0 unspecified atom stereocenters. The Bertz CT molecular complexity index is 819. The van der Waals surface area contributed by atoms with E-state index >= 15 is 0 Å². The maximum atomic E-state index is 6.01. The van der Waals surface area contributed by atoms with Crippen LogP contribution in [0.3, 0.4) is 0 Å². The number of benzene rings is 1. The first-order valence-electron chi connectivity index (χ1n) is 6.53. The predicted molar refractivity (Wildman–Crippen MR) is 77.0 cm³/mol. The maximum Gasteiger partial charge on any atom is 0.231 e. The van der Waals surface area contributed by atoms with Crippen molar-refractivity contribution in [3.8, 4) is 34.1 Å². The minimum absolute atomic E-state index is 0.240. The minimum atomic E-state index is 0.240. The molecule has 21 heavy (non-hydrogen) atoms. The molecule has 0 bridgehead atoms. The Labute approximate surface area is 120 Å². The van der Waals surface area contributed by atoms with E-state index in [-0.39, 0.29) is 6.79 Å². The molecule has 1 aliphatic rings. The Balaban J connectivity index is 1.87. The third-order valence-corrected chi connectivity index (χ3v) is 3.44. The van der Waals surface area contributed by atoms with Crippen molar-refractivity contribution in [1.82, 2.24) is 10.2 Å². The van der Waals surface area contributed by atoms with Gasteiger partial charge in [0.15, 0.2) is 23.1 Å². The molecule has 0 amide bonds. The maximum absolute atomic E-state index is 6.01. The van der Waals surface area contributed by atoms with Crippen LogP contribution in [0.5, 0.6) is 11.5 Å². The Kier molecular flexibility index (Phi) is 2.44. The van der Waals surface area contributed by atoms with Crippen LogP contribution in [0, 0.1) is 6.92 Å². The highest BCUT2D eigenvalue weighted by molar-refractivity contribution is 5.87. The summed E-state index contributed by atoms with van der Waals surface area (Å²) >= 11 is 0. The number of anilines is 1. The van der Waals surface area contributed by atoms with E-state index in [1.165, 1.54) is 0 Å². The summed E-state index contributed by atoms with van der Waals surface area (Å²) in [5, 5.41) is 7.02. The van der Waals surface area contributed by atoms with E-state index in [2.05, 4.69) is 10.2 Å². The SMILES string of the molecule is Cc1ccc(-c2[nH]nc(N)c2-c2ccc3c(c2)OCO3)o1. The lowest BCUT2D eigenvalue weighted by atomic mass is 10.0. The predicted octanol–water partition coefficient (Wildman–Crippen LogP) is 2.96. The first kappa shape index (κ1) is 11.9. The van der Waals surface area contributed by atoms with Crippen LogP contribution in [0.15, 0.2) is 34.7 Å². The fraction of sp³-hybridized carbons (Fsp3) is 0.133. The van der Waals surface area contributed by atoms with Gasteiger partial charge in [0, 0.05) is 0 Å². The minimum Gasteiger partial charge on any atom is -0.460 e. The van der Waals surface area contributed by atoms with Gasteiger partial charge in [-0.2, -0.15) is 5.10 Å². The van der Waals surface area contributed by atoms with Crippen LogP contribution < -0.4 is 15.2 Å². The van der Waals surface area contributed by atoms with Gasteiger partial charge >= 0.3 is 0 Å². The third-order valence-electron chi connectivity index (χ3n) is 3.44. The summed E-state index contributed by atoms with van der Waals surface area (Å²) in [5.41, 5.74) is 8.45. The first-order chi connectivity index (χ1) is 10.2. The quantitative estimate of drug-likeness (QED) is 0.755. The number of hydrogen-bond donors (Lipinski definition) is 2. The van der Waals surface area contributed by atoms with Crippen molar-refractivity contribution in [2.24, 2.45) is 0 Å². The lowest BCUT2D eigenvalue weighted by Gasteiger charge is -2.04. The number of fused-ring (bicyclic) bond motifs is 1. The second kappa shape index (κ2) is 4.31. The summed E-state index contributed by atoms with van der Waals surface area (Å²) in [5.74, 6) is 3.38. The van der Waals surface area contributed by atoms with E-state index in [4.69, 9.17) is 19.6 Å². The second-order valence-electron chi connectivity index (χ2n) is 4.84. The highest BCUT2D eigenvalue weighted by atomic mass is 16.7. The van der Waals surface area contributed by atoms with E-state index in [0.29, 0.717) is 17.3 Å². The molecular formula is C15H13N3O3. The fourth-order valence-corrected chi connectivity index (χ4v) is 2.45. The largest absolute Gasteiger partial charge is 0.460 e. The zero-order chi connectivity index (χ0) is 14.4. The van der Waals surface area contributed by atoms with E-state index < -0.39 is 0 Å². The zero-order valence-electron chi connectivity index (χ0n) is 11.3. The smallest absolute Gasteiger partial charge is 0.231 e. The first-order valence-corrected chi connectivity index (χ1v) is 6.53. The Hall–Kier alpha value is -2.89. The number of aromatic amines is 1. The number of nitrogen functional groups attached to an aromatic ring is 1. The summed E-state index contributed by atoms with van der Waals surface area (Å²) in [4.78, 5) is 0. The summed E-state index contributed by atoms with van der Waals surface area (Å²) < 4.78 is 16.4. The average Bonchev–Trinajstić information content (AvgIpc) is 3.17. The molecule has 0 saturated carbocycles. The van der Waals surface area contributed by atoms with Crippen molar-refractivity contribution in [2.75, 3.05) is 12.5 Å². The van der Waals surface area contributed by atoms with Crippen molar-refractivity contribution in [1.29, 1.82) is 0 Å². The standard InChI is InChI=1S/C15H13N3O3/c1-8-2-4-11(21-8)14-13(15(16)18-17-14)9-3-5-10-12(6-9)20-7-19-10/h2-6H,7H2,1H3,(H3,16,17,18). The van der Waals surface area contributed by atoms with Gasteiger partial charge in [0.2, 0.25) is 6.79 Å². The molecule has 1 aliphatic heterocycles. The number of aromatic nitrogens is 2. The molecule has 0 fully saturated rings. The van der Waals surface area contributed by atoms with E-state index in [9.17, 15) is 0 Å². The molecular weight excluding hydrogens is 270 g/mol. The highest BCUT2D eigenvalue weighted by Crippen LogP contribution is 2.40. The summed E-state index contributed by atoms with van der Waals surface area (Å²) in [7, 11) is 0. The molecule has 3 N–H and O–H groups in total. The van der Waals surface area contributed by atoms with Gasteiger partial charge in [0.1, 0.15) is 11.5 Å². The van der Waals surface area contributed by atoms with Gasteiger partial charge in [-0.05, 0) is 36.8 Å². The summed E-state index contributed by atoms with van der Waals surface area (Å²) in [6, 6.07) is 9.46. The normalized spacial score (nSPS) is 12.8. The highest BCUT2D eigenvalue weighted by Gasteiger charge is 2.20. The number of rotatable bonds is 2. The molecule has 3 heterocycles. The topological polar surface area (TPSA) is 86.3 Å². The molecule has 0 saturated heterocycles. The number of ether oxygens (including phenoxy) is 2. The van der Waals surface area contributed by atoms with Crippen molar-refractivity contribution in [3.05, 3.63) is 36.1 Å². The molecule has 0 aliphatic carbocycles. The summed E-state index contributed by atoms with van der Waals surface area (Å²) in [6.45, 7) is 2.13. The van der Waals surface area contributed by atoms with Gasteiger partial charge in [0.05, 0.1) is 5.56 Å². The summed E-state index contributed by atoms with van der Waals surface area (Å²) in [6.07, 6.45) is 0. The molecule has 0 spiro atoms. The average molecular weight is 283 g/mol. The molecule has 0 radical (unpaired) electrons. The van der Waals surface area contributed by atoms with Crippen LogP contribution in [-0.4, -0.2) is 17.0 Å². The molecule has 106 valence electrons. The lowest BCUT2D eigenvalue weighted by Crippen LogP contribution is -1.93. The number of nitrogens with zero attached hydrogens (tertiary/aromatic N) is 1. The molecule has 4 rings (SSSR count). The van der Waals surface area contributed by atoms with Crippen molar-refractivity contribution in [3.63, 3.8) is 0 Å². The van der Waals surface area contributed by atoms with Crippen LogP contribution in [0.1, 0.15) is 5.76 Å². The zero-order valence-corrected chi connectivity index (χ0v) is 11.3. The molecule has 0 atom stereocenters. The Morgan fingerprint density at radius 2 is 2.00 bits per heavy atom. The third kappa shape index (κ3) is 1.84. The van der Waals surface area contributed by atoms with Gasteiger partial charge < -0.3 is 19.6 Å². The van der Waals surface area contributed by atoms with Crippen molar-refractivity contribution < 1.29 is 13.9 Å². The van der Waals surface area contributed by atoms with E-state index in [1.54, 1.807) is 0 Å². The van der Waals surface area contributed by atoms with Gasteiger partial charge in [0.25, 0.3) is 0 Å². The van der Waals surface area contributed by atoms with Crippen LogP contribution in [0.25, 0.3) is 22.6 Å². The van der Waals surface area contributed by atoms with Crippen molar-refractivity contribution in [2.45, 2.75) is 6.92 Å². The number of nitrogens with two attached hydrogens (primary N) is 1. The van der Waals surface area contributed by atoms with Gasteiger partial charge in [-0.3, -0.25) is 5.10 Å². The van der Waals surface area contributed by atoms with Gasteiger partial charge in [-0.25, -0.2) is 0 Å². The van der Waals surface area contributed by atoms with Crippen LogP contribution in [0.4, 0.5) is 5.82 Å². The number of nitrogens with one attached hydrogen (secondary N) is 1. The van der Waals surface area contributed by atoms with Crippen molar-refractivity contribution >= 4 is 5.82 Å². The lowest BCUT2D eigenvalue weighted by molar-refractivity contribution is 0.174. The van der Waals surface area contributed by atoms with Crippen LogP contribution in [-0.2, 0) is 0 Å². The number of H-pyrrole nitrogens is 1. The van der Waals surface area contributed by atoms with Crippen LogP contribution in [0.2, 0.25) is 0 Å². The molecule has 6 heteroatoms. The Morgan fingerprint density at radius 3 is 2.81 bits per heavy atom. The van der Waals surface area contributed by atoms with E-state index in [0.717, 1.165) is 28.3 Å². The Morgan fingerprint density at radius 1 is 1.14 bits per heavy atom. The molecule has 3 aromatic rings.